The molecule has 0 spiro atoms. The third-order valence-electron chi connectivity index (χ3n) is 5.39. The molecule has 0 bridgehead atoms. The summed E-state index contributed by atoms with van der Waals surface area (Å²) < 4.78 is 17.2. The zero-order valence-electron chi connectivity index (χ0n) is 21.2. The number of H-pyrrole nitrogens is 1. The first-order valence-corrected chi connectivity index (χ1v) is 12.6. The third-order valence-corrected chi connectivity index (χ3v) is 5.39. The molecule has 8 heteroatoms. The molecule has 0 radical (unpaired) electrons. The van der Waals surface area contributed by atoms with Gasteiger partial charge in [0, 0.05) is 36.0 Å². The molecule has 3 rings (SSSR count). The van der Waals surface area contributed by atoms with Crippen molar-refractivity contribution in [3.8, 4) is 17.2 Å². The lowest BCUT2D eigenvalue weighted by molar-refractivity contribution is -0.121. The van der Waals surface area contributed by atoms with E-state index >= 15 is 0 Å². The van der Waals surface area contributed by atoms with E-state index in [0.717, 1.165) is 41.8 Å². The molecule has 0 unspecified atom stereocenters. The van der Waals surface area contributed by atoms with Crippen LogP contribution in [-0.4, -0.2) is 49.8 Å². The number of hydrogen-bond donors (Lipinski definition) is 3. The zero-order valence-corrected chi connectivity index (χ0v) is 21.2. The lowest BCUT2D eigenvalue weighted by Crippen LogP contribution is -2.25. The number of carbonyl (C=O) groups is 1. The van der Waals surface area contributed by atoms with Crippen molar-refractivity contribution in [2.24, 2.45) is 0 Å². The highest BCUT2D eigenvalue weighted by molar-refractivity contribution is 5.79. The second-order valence-electron chi connectivity index (χ2n) is 8.86. The maximum Gasteiger partial charge on any atom is 0.248 e. The van der Waals surface area contributed by atoms with Crippen LogP contribution in [0, 0.1) is 0 Å². The van der Waals surface area contributed by atoms with Gasteiger partial charge in [-0.05, 0) is 74.3 Å². The molecule has 0 fully saturated rings. The Labute approximate surface area is 212 Å². The van der Waals surface area contributed by atoms with E-state index in [1.165, 1.54) is 6.07 Å². The molecule has 8 nitrogen and oxygen atoms in total. The van der Waals surface area contributed by atoms with Crippen LogP contribution < -0.4 is 30.4 Å². The number of aromatic amines is 1. The fourth-order valence-corrected chi connectivity index (χ4v) is 3.51. The van der Waals surface area contributed by atoms with Gasteiger partial charge in [0.25, 0.3) is 0 Å². The van der Waals surface area contributed by atoms with Gasteiger partial charge < -0.3 is 29.8 Å². The molecule has 194 valence electrons. The first kappa shape index (κ1) is 27.1. The number of pyridine rings is 1. The van der Waals surface area contributed by atoms with E-state index in [4.69, 9.17) is 14.2 Å². The quantitative estimate of drug-likeness (QED) is 0.259. The number of carbonyl (C=O) groups excluding carboxylic acids is 1. The summed E-state index contributed by atoms with van der Waals surface area (Å²) in [6, 6.07) is 16.9. The van der Waals surface area contributed by atoms with Crippen LogP contribution in [0.3, 0.4) is 0 Å². The van der Waals surface area contributed by atoms with Crippen molar-refractivity contribution in [3.05, 3.63) is 65.0 Å². The second kappa shape index (κ2) is 14.8. The van der Waals surface area contributed by atoms with E-state index in [9.17, 15) is 9.59 Å². The number of hydrogen-bond acceptors (Lipinski definition) is 6. The highest BCUT2D eigenvalue weighted by Crippen LogP contribution is 2.19. The van der Waals surface area contributed by atoms with Crippen molar-refractivity contribution < 1.29 is 19.0 Å². The molecule has 0 atom stereocenters. The molecular weight excluding hydrogens is 458 g/mol. The predicted octanol–water partition coefficient (Wildman–Crippen LogP) is 4.04. The summed E-state index contributed by atoms with van der Waals surface area (Å²) in [7, 11) is 0. The lowest BCUT2D eigenvalue weighted by atomic mass is 10.2. The SMILES string of the molecule is CC(C)NCCCOc1ccc(OCCCNC(=O)CCCOc2ccc3[nH]c(=O)ccc3c2)cc1. The standard InChI is InChI=1S/C28H37N3O5/c1-21(2)29-15-4-18-34-23-8-10-24(11-9-23)35-19-5-16-30-27(32)6-3-17-36-25-12-13-26-22(20-25)7-14-28(33)31-26/h7-14,20-21,29H,3-6,15-19H2,1-2H3,(H,30,32)(H,31,33). The molecule has 0 aliphatic rings. The lowest BCUT2D eigenvalue weighted by Gasteiger charge is -2.10. The Balaban J connectivity index is 1.21. The van der Waals surface area contributed by atoms with Gasteiger partial charge in [-0.3, -0.25) is 9.59 Å². The summed E-state index contributed by atoms with van der Waals surface area (Å²) >= 11 is 0. The van der Waals surface area contributed by atoms with Crippen LogP contribution in [-0.2, 0) is 4.79 Å². The molecule has 36 heavy (non-hydrogen) atoms. The summed E-state index contributed by atoms with van der Waals surface area (Å²) in [4.78, 5) is 26.2. The van der Waals surface area contributed by atoms with Gasteiger partial charge in [0.05, 0.1) is 19.8 Å². The van der Waals surface area contributed by atoms with E-state index in [0.29, 0.717) is 51.0 Å². The molecule has 1 amide bonds. The van der Waals surface area contributed by atoms with E-state index in [2.05, 4.69) is 29.5 Å². The van der Waals surface area contributed by atoms with Gasteiger partial charge in [0.2, 0.25) is 11.5 Å². The summed E-state index contributed by atoms with van der Waals surface area (Å²) in [5.74, 6) is 2.33. The van der Waals surface area contributed by atoms with E-state index in [1.54, 1.807) is 6.07 Å². The van der Waals surface area contributed by atoms with E-state index < -0.39 is 0 Å². The summed E-state index contributed by atoms with van der Waals surface area (Å²) in [6.45, 7) is 7.42. The topological polar surface area (TPSA) is 102 Å². The Bertz CT molecular complexity index is 1130. The maximum absolute atomic E-state index is 12.0. The number of benzene rings is 2. The molecule has 0 aliphatic carbocycles. The molecule has 3 N–H and O–H groups in total. The average Bonchev–Trinajstić information content (AvgIpc) is 2.87. The van der Waals surface area contributed by atoms with E-state index in [1.807, 2.05) is 42.5 Å². The molecular formula is C28H37N3O5. The maximum atomic E-state index is 12.0. The van der Waals surface area contributed by atoms with Gasteiger partial charge in [-0.25, -0.2) is 0 Å². The number of ether oxygens (including phenoxy) is 3. The van der Waals surface area contributed by atoms with Crippen LogP contribution >= 0.6 is 0 Å². The molecule has 2 aromatic carbocycles. The fourth-order valence-electron chi connectivity index (χ4n) is 3.51. The molecule has 0 saturated carbocycles. The molecule has 1 heterocycles. The Hall–Kier alpha value is -3.52. The van der Waals surface area contributed by atoms with Crippen molar-refractivity contribution >= 4 is 16.8 Å². The monoisotopic (exact) mass is 495 g/mol. The van der Waals surface area contributed by atoms with Gasteiger partial charge in [-0.2, -0.15) is 0 Å². The minimum atomic E-state index is -0.130. The fraction of sp³-hybridized carbons (Fsp3) is 0.429. The van der Waals surface area contributed by atoms with Gasteiger partial charge in [-0.1, -0.05) is 13.8 Å². The normalized spacial score (nSPS) is 11.0. The minimum Gasteiger partial charge on any atom is -0.494 e. The first-order chi connectivity index (χ1) is 17.5. The first-order valence-electron chi connectivity index (χ1n) is 12.6. The van der Waals surface area contributed by atoms with Crippen LogP contribution in [0.2, 0.25) is 0 Å². The Morgan fingerprint density at radius 3 is 2.11 bits per heavy atom. The second-order valence-corrected chi connectivity index (χ2v) is 8.86. The number of fused-ring (bicyclic) bond motifs is 1. The average molecular weight is 496 g/mol. The predicted molar refractivity (Wildman–Crippen MR) is 142 cm³/mol. The van der Waals surface area contributed by atoms with Crippen LogP contribution in [0.15, 0.2) is 59.4 Å². The Morgan fingerprint density at radius 1 is 0.806 bits per heavy atom. The van der Waals surface area contributed by atoms with Gasteiger partial charge in [0.1, 0.15) is 17.2 Å². The Kier molecular flexibility index (Phi) is 11.1. The van der Waals surface area contributed by atoms with Crippen molar-refractivity contribution in [1.82, 2.24) is 15.6 Å². The van der Waals surface area contributed by atoms with E-state index in [-0.39, 0.29) is 11.5 Å². The third kappa shape index (κ3) is 10.00. The van der Waals surface area contributed by atoms with Crippen molar-refractivity contribution in [1.29, 1.82) is 0 Å². The largest absolute Gasteiger partial charge is 0.494 e. The van der Waals surface area contributed by atoms with Gasteiger partial charge >= 0.3 is 0 Å². The summed E-state index contributed by atoms with van der Waals surface area (Å²) in [5, 5.41) is 7.18. The van der Waals surface area contributed by atoms with Crippen molar-refractivity contribution in [2.75, 3.05) is 32.9 Å². The number of nitrogens with one attached hydrogen (secondary N) is 3. The number of amides is 1. The molecule has 0 aliphatic heterocycles. The smallest absolute Gasteiger partial charge is 0.248 e. The molecule has 0 saturated heterocycles. The molecule has 3 aromatic rings. The highest BCUT2D eigenvalue weighted by atomic mass is 16.5. The van der Waals surface area contributed by atoms with Gasteiger partial charge in [0.15, 0.2) is 0 Å². The zero-order chi connectivity index (χ0) is 25.6. The summed E-state index contributed by atoms with van der Waals surface area (Å²) in [5.41, 5.74) is 0.638. The van der Waals surface area contributed by atoms with Crippen LogP contribution in [0.5, 0.6) is 17.2 Å². The minimum absolute atomic E-state index is 0.000201. The van der Waals surface area contributed by atoms with Crippen LogP contribution in [0.25, 0.3) is 10.9 Å². The Morgan fingerprint density at radius 2 is 1.42 bits per heavy atom. The number of rotatable bonds is 16. The highest BCUT2D eigenvalue weighted by Gasteiger charge is 2.03. The van der Waals surface area contributed by atoms with Crippen LogP contribution in [0.4, 0.5) is 0 Å². The van der Waals surface area contributed by atoms with Gasteiger partial charge in [-0.15, -0.1) is 0 Å². The van der Waals surface area contributed by atoms with Crippen molar-refractivity contribution in [2.45, 2.75) is 45.6 Å². The van der Waals surface area contributed by atoms with Crippen molar-refractivity contribution in [3.63, 3.8) is 0 Å². The number of aromatic nitrogens is 1. The van der Waals surface area contributed by atoms with Crippen LogP contribution in [0.1, 0.15) is 39.5 Å². The molecule has 1 aromatic heterocycles. The summed E-state index contributed by atoms with van der Waals surface area (Å²) in [6.07, 6.45) is 2.71.